The summed E-state index contributed by atoms with van der Waals surface area (Å²) in [6.07, 6.45) is 5.12. The van der Waals surface area contributed by atoms with Gasteiger partial charge in [0.05, 0.1) is 20.2 Å². The quantitative estimate of drug-likeness (QED) is 0.295. The summed E-state index contributed by atoms with van der Waals surface area (Å²) in [7, 11) is 3.73. The highest BCUT2D eigenvalue weighted by molar-refractivity contribution is 5.90. The fourth-order valence-electron chi connectivity index (χ4n) is 4.52. The number of primary amides is 1. The normalized spacial score (nSPS) is 16.6. The Kier molecular flexibility index (Phi) is 12.7. The van der Waals surface area contributed by atoms with E-state index < -0.39 is 11.9 Å². The summed E-state index contributed by atoms with van der Waals surface area (Å²) in [5.74, 6) is 0.174. The Morgan fingerprint density at radius 1 is 1.19 bits per heavy atom. The maximum absolute atomic E-state index is 13.4. The summed E-state index contributed by atoms with van der Waals surface area (Å²) in [5, 5.41) is 6.09. The summed E-state index contributed by atoms with van der Waals surface area (Å²) in [4.78, 5) is 41.7. The second-order valence-electron chi connectivity index (χ2n) is 10.2. The molecule has 0 spiro atoms. The van der Waals surface area contributed by atoms with Crippen molar-refractivity contribution in [2.45, 2.75) is 64.5 Å². The van der Waals surface area contributed by atoms with Gasteiger partial charge in [-0.2, -0.15) is 0 Å². The van der Waals surface area contributed by atoms with Gasteiger partial charge in [-0.05, 0) is 82.3 Å². The summed E-state index contributed by atoms with van der Waals surface area (Å²) >= 11 is 0. The lowest BCUT2D eigenvalue weighted by molar-refractivity contribution is -0.139. The fraction of sp³-hybridized carbons (Fsp3) is 0.667. The molecule has 9 nitrogen and oxygen atoms in total. The first-order valence-electron chi connectivity index (χ1n) is 13.1. The van der Waals surface area contributed by atoms with E-state index in [2.05, 4.69) is 36.4 Å². The predicted molar refractivity (Wildman–Crippen MR) is 142 cm³/mol. The van der Waals surface area contributed by atoms with Crippen LogP contribution in [0, 0.1) is 5.92 Å². The van der Waals surface area contributed by atoms with Crippen molar-refractivity contribution in [2.75, 3.05) is 46.9 Å². The molecule has 1 fully saturated rings. The van der Waals surface area contributed by atoms with E-state index in [0.29, 0.717) is 31.5 Å². The second kappa shape index (κ2) is 15.5. The molecule has 2 atom stereocenters. The van der Waals surface area contributed by atoms with E-state index in [0.717, 1.165) is 50.0 Å². The molecule has 36 heavy (non-hydrogen) atoms. The molecular formula is C27H45N5O4. The molecular weight excluding hydrogens is 458 g/mol. The number of benzene rings is 1. The van der Waals surface area contributed by atoms with Gasteiger partial charge in [-0.1, -0.05) is 26.0 Å². The molecule has 2 rings (SSSR count). The minimum Gasteiger partial charge on any atom is -0.497 e. The maximum Gasteiger partial charge on any atom is 0.245 e. The van der Waals surface area contributed by atoms with E-state index in [-0.39, 0.29) is 24.9 Å². The van der Waals surface area contributed by atoms with Crippen molar-refractivity contribution in [3.05, 3.63) is 29.8 Å². The molecule has 1 aliphatic rings. The average Bonchev–Trinajstić information content (AvgIpc) is 3.26. The highest BCUT2D eigenvalue weighted by Gasteiger charge is 2.29. The molecule has 0 aliphatic carbocycles. The Balaban J connectivity index is 1.94. The van der Waals surface area contributed by atoms with E-state index in [1.54, 1.807) is 7.11 Å². The highest BCUT2D eigenvalue weighted by atomic mass is 16.5. The molecule has 202 valence electrons. The van der Waals surface area contributed by atoms with Crippen molar-refractivity contribution < 1.29 is 19.1 Å². The summed E-state index contributed by atoms with van der Waals surface area (Å²) in [6.45, 7) is 6.24. The number of likely N-dealkylation sites (tertiary alicyclic amines) is 1. The van der Waals surface area contributed by atoms with Crippen LogP contribution in [0.15, 0.2) is 24.3 Å². The van der Waals surface area contributed by atoms with Gasteiger partial charge >= 0.3 is 0 Å². The highest BCUT2D eigenvalue weighted by Crippen LogP contribution is 2.20. The molecule has 1 heterocycles. The average molecular weight is 504 g/mol. The number of nitrogens with one attached hydrogen (secondary N) is 2. The molecule has 3 amide bonds. The second-order valence-corrected chi connectivity index (χ2v) is 10.2. The van der Waals surface area contributed by atoms with Gasteiger partial charge in [0, 0.05) is 12.6 Å². The first-order chi connectivity index (χ1) is 17.2. The third-order valence-corrected chi connectivity index (χ3v) is 6.76. The van der Waals surface area contributed by atoms with Crippen LogP contribution in [0.4, 0.5) is 0 Å². The van der Waals surface area contributed by atoms with Crippen molar-refractivity contribution in [1.29, 1.82) is 0 Å². The first kappa shape index (κ1) is 29.6. The topological polar surface area (TPSA) is 117 Å². The molecule has 0 radical (unpaired) electrons. The number of hydrogen-bond acceptors (Lipinski definition) is 6. The third kappa shape index (κ3) is 10.5. The lowest BCUT2D eigenvalue weighted by atomic mass is 10.0. The molecule has 0 bridgehead atoms. The van der Waals surface area contributed by atoms with Crippen LogP contribution in [0.25, 0.3) is 0 Å². The molecule has 0 saturated carbocycles. The van der Waals surface area contributed by atoms with Gasteiger partial charge in [0.25, 0.3) is 0 Å². The number of methoxy groups -OCH3 is 1. The Morgan fingerprint density at radius 3 is 2.50 bits per heavy atom. The molecule has 0 aromatic heterocycles. The van der Waals surface area contributed by atoms with Crippen LogP contribution in [-0.2, 0) is 20.8 Å². The zero-order chi connectivity index (χ0) is 26.5. The van der Waals surface area contributed by atoms with E-state index in [9.17, 15) is 14.4 Å². The monoisotopic (exact) mass is 503 g/mol. The van der Waals surface area contributed by atoms with Crippen molar-refractivity contribution >= 4 is 17.7 Å². The smallest absolute Gasteiger partial charge is 0.245 e. The standard InChI is InChI=1S/C27H45N5O4/c1-20(2)14-17-32(19-25(28)33)27(35)24(12-9-22-6-5-16-31(22)3)30-26(34)18-29-15-13-21-7-10-23(36-4)11-8-21/h7-8,10-11,20,22,24,29H,5-6,9,12-19H2,1-4H3,(H2,28,33)(H,30,34)/t22-,24?/m0/s1. The largest absolute Gasteiger partial charge is 0.497 e. The molecule has 9 heteroatoms. The van der Waals surface area contributed by atoms with Crippen LogP contribution in [0.3, 0.4) is 0 Å². The van der Waals surface area contributed by atoms with E-state index in [1.807, 2.05) is 24.3 Å². The number of nitrogens with two attached hydrogens (primary N) is 1. The van der Waals surface area contributed by atoms with Crippen LogP contribution in [0.1, 0.15) is 51.5 Å². The van der Waals surface area contributed by atoms with Crippen molar-refractivity contribution in [3.8, 4) is 5.75 Å². The van der Waals surface area contributed by atoms with Gasteiger partial charge in [0.2, 0.25) is 17.7 Å². The van der Waals surface area contributed by atoms with E-state index in [4.69, 9.17) is 10.5 Å². The SMILES string of the molecule is COc1ccc(CCNCC(=O)NC(CC[C@@H]2CCCN2C)C(=O)N(CCC(C)C)CC(N)=O)cc1. The Hall–Kier alpha value is -2.65. The Morgan fingerprint density at radius 2 is 1.92 bits per heavy atom. The van der Waals surface area contributed by atoms with Gasteiger partial charge in [-0.25, -0.2) is 0 Å². The van der Waals surface area contributed by atoms with Crippen molar-refractivity contribution in [2.24, 2.45) is 11.7 Å². The van der Waals surface area contributed by atoms with Crippen LogP contribution in [0.5, 0.6) is 5.75 Å². The van der Waals surface area contributed by atoms with Gasteiger partial charge in [0.15, 0.2) is 0 Å². The molecule has 4 N–H and O–H groups in total. The summed E-state index contributed by atoms with van der Waals surface area (Å²) in [5.41, 5.74) is 6.58. The number of nitrogens with zero attached hydrogens (tertiary/aromatic N) is 2. The number of amides is 3. The Labute approximate surface area is 216 Å². The zero-order valence-electron chi connectivity index (χ0n) is 22.4. The first-order valence-corrected chi connectivity index (χ1v) is 13.1. The van der Waals surface area contributed by atoms with Crippen LogP contribution >= 0.6 is 0 Å². The summed E-state index contributed by atoms with van der Waals surface area (Å²) in [6, 6.07) is 7.55. The number of rotatable bonds is 16. The number of carbonyl (C=O) groups excluding carboxylic acids is 3. The number of ether oxygens (including phenoxy) is 1. The minimum atomic E-state index is -0.679. The fourth-order valence-corrected chi connectivity index (χ4v) is 4.52. The van der Waals surface area contributed by atoms with Crippen LogP contribution in [-0.4, -0.2) is 86.5 Å². The van der Waals surface area contributed by atoms with Crippen LogP contribution in [0.2, 0.25) is 0 Å². The van der Waals surface area contributed by atoms with Gasteiger partial charge in [-0.15, -0.1) is 0 Å². The molecule has 1 saturated heterocycles. The molecule has 1 aromatic carbocycles. The molecule has 1 unspecified atom stereocenters. The number of carbonyl (C=O) groups is 3. The van der Waals surface area contributed by atoms with Crippen LogP contribution < -0.4 is 21.1 Å². The zero-order valence-corrected chi connectivity index (χ0v) is 22.4. The minimum absolute atomic E-state index is 0.116. The maximum atomic E-state index is 13.4. The van der Waals surface area contributed by atoms with Crippen molar-refractivity contribution in [1.82, 2.24) is 20.4 Å². The molecule has 1 aromatic rings. The lowest BCUT2D eigenvalue weighted by Crippen LogP contribution is -2.52. The van der Waals surface area contributed by atoms with Gasteiger partial charge in [0.1, 0.15) is 11.8 Å². The lowest BCUT2D eigenvalue weighted by Gasteiger charge is -2.29. The van der Waals surface area contributed by atoms with Crippen molar-refractivity contribution in [3.63, 3.8) is 0 Å². The van der Waals surface area contributed by atoms with Gasteiger partial charge in [-0.3, -0.25) is 14.4 Å². The molecule has 1 aliphatic heterocycles. The van der Waals surface area contributed by atoms with E-state index >= 15 is 0 Å². The third-order valence-electron chi connectivity index (χ3n) is 6.76. The Bertz CT molecular complexity index is 830. The number of hydrogen-bond donors (Lipinski definition) is 3. The van der Waals surface area contributed by atoms with E-state index in [1.165, 1.54) is 4.90 Å². The predicted octanol–water partition coefficient (Wildman–Crippen LogP) is 1.55. The summed E-state index contributed by atoms with van der Waals surface area (Å²) < 4.78 is 5.18. The van der Waals surface area contributed by atoms with Gasteiger partial charge < -0.3 is 30.9 Å².